The van der Waals surface area contributed by atoms with Crippen molar-refractivity contribution in [1.29, 1.82) is 0 Å². The molecule has 0 spiro atoms. The van der Waals surface area contributed by atoms with Crippen molar-refractivity contribution in [3.05, 3.63) is 63.7 Å². The molecule has 11 heteroatoms. The maximum atomic E-state index is 12.7. The summed E-state index contributed by atoms with van der Waals surface area (Å²) >= 11 is 0. The number of nitro groups is 1. The molecule has 0 aliphatic carbocycles. The number of rotatable bonds is 7. The average molecular weight is 412 g/mol. The van der Waals surface area contributed by atoms with Gasteiger partial charge in [0, 0.05) is 11.6 Å². The molecule has 0 atom stereocenters. The van der Waals surface area contributed by atoms with E-state index in [1.165, 1.54) is 7.11 Å². The molecule has 2 rings (SSSR count). The molecule has 0 radical (unpaired) electrons. The minimum absolute atomic E-state index is 0.183. The van der Waals surface area contributed by atoms with Crippen molar-refractivity contribution in [2.24, 2.45) is 0 Å². The summed E-state index contributed by atoms with van der Waals surface area (Å²) in [6.07, 6.45) is -4.96. The van der Waals surface area contributed by atoms with Gasteiger partial charge in [0.15, 0.2) is 6.61 Å². The van der Waals surface area contributed by atoms with Crippen molar-refractivity contribution in [3.63, 3.8) is 0 Å². The van der Waals surface area contributed by atoms with Crippen molar-refractivity contribution < 1.29 is 37.2 Å². The van der Waals surface area contributed by atoms with Crippen LogP contribution in [0.5, 0.6) is 5.75 Å². The lowest BCUT2D eigenvalue weighted by molar-refractivity contribution is -0.384. The Bertz CT molecular complexity index is 930. The molecule has 8 nitrogen and oxygen atoms in total. The number of anilines is 1. The molecule has 0 unspecified atom stereocenters. The van der Waals surface area contributed by atoms with Gasteiger partial charge in [0.05, 0.1) is 24.0 Å². The summed E-state index contributed by atoms with van der Waals surface area (Å²) in [5, 5.41) is 13.1. The number of hydrogen-bond donors (Lipinski definition) is 1. The quantitative estimate of drug-likeness (QED) is 0.425. The molecule has 2 aromatic carbocycles. The van der Waals surface area contributed by atoms with E-state index in [-0.39, 0.29) is 6.42 Å². The largest absolute Gasteiger partial charge is 0.496 e. The normalized spacial score (nSPS) is 10.9. The molecule has 0 fully saturated rings. The number of nitrogens with one attached hydrogen (secondary N) is 1. The van der Waals surface area contributed by atoms with Crippen molar-refractivity contribution in [2.75, 3.05) is 19.0 Å². The van der Waals surface area contributed by atoms with Crippen molar-refractivity contribution in [2.45, 2.75) is 12.6 Å². The Morgan fingerprint density at radius 1 is 1.17 bits per heavy atom. The maximum absolute atomic E-state index is 12.7. The summed E-state index contributed by atoms with van der Waals surface area (Å²) in [5.41, 5.74) is -2.09. The lowest BCUT2D eigenvalue weighted by atomic mass is 10.1. The summed E-state index contributed by atoms with van der Waals surface area (Å²) in [4.78, 5) is 33.7. The molecule has 0 bridgehead atoms. The van der Waals surface area contributed by atoms with Crippen LogP contribution in [0.3, 0.4) is 0 Å². The van der Waals surface area contributed by atoms with Gasteiger partial charge in [-0.05, 0) is 18.2 Å². The number of halogens is 3. The van der Waals surface area contributed by atoms with Gasteiger partial charge < -0.3 is 14.8 Å². The van der Waals surface area contributed by atoms with Crippen LogP contribution in [0, 0.1) is 10.1 Å². The van der Waals surface area contributed by atoms with Crippen LogP contribution in [0.2, 0.25) is 0 Å². The van der Waals surface area contributed by atoms with E-state index in [1.54, 1.807) is 24.3 Å². The Balaban J connectivity index is 2.00. The van der Waals surface area contributed by atoms with Crippen LogP contribution in [0.15, 0.2) is 42.5 Å². The van der Waals surface area contributed by atoms with Crippen LogP contribution in [0.25, 0.3) is 0 Å². The molecular formula is C18H15F3N2O6. The number of carbonyl (C=O) groups is 2. The molecule has 0 saturated carbocycles. The van der Waals surface area contributed by atoms with E-state index in [4.69, 9.17) is 9.47 Å². The number of para-hydroxylation sites is 1. The molecule has 1 amide bonds. The number of esters is 1. The lowest BCUT2D eigenvalue weighted by Gasteiger charge is -2.11. The van der Waals surface area contributed by atoms with Crippen LogP contribution in [0.1, 0.15) is 11.1 Å². The Labute approximate surface area is 162 Å². The summed E-state index contributed by atoms with van der Waals surface area (Å²) in [7, 11) is 1.43. The minimum Gasteiger partial charge on any atom is -0.496 e. The third-order valence-electron chi connectivity index (χ3n) is 3.69. The molecule has 1 N–H and O–H groups in total. The highest BCUT2D eigenvalue weighted by atomic mass is 19.4. The summed E-state index contributed by atoms with van der Waals surface area (Å²) in [6, 6.07) is 8.32. The summed E-state index contributed by atoms with van der Waals surface area (Å²) < 4.78 is 48.0. The second-order valence-electron chi connectivity index (χ2n) is 5.68. The predicted molar refractivity (Wildman–Crippen MR) is 94.4 cm³/mol. The number of benzene rings is 2. The zero-order valence-electron chi connectivity index (χ0n) is 15.0. The Hall–Kier alpha value is -3.63. The predicted octanol–water partition coefficient (Wildman–Crippen LogP) is 3.35. The molecule has 29 heavy (non-hydrogen) atoms. The van der Waals surface area contributed by atoms with Crippen molar-refractivity contribution in [3.8, 4) is 5.75 Å². The van der Waals surface area contributed by atoms with Gasteiger partial charge in [-0.3, -0.25) is 19.7 Å². The van der Waals surface area contributed by atoms with Crippen LogP contribution in [0.4, 0.5) is 24.5 Å². The molecule has 0 aliphatic rings. The number of amides is 1. The van der Waals surface area contributed by atoms with E-state index in [1.807, 2.05) is 0 Å². The third kappa shape index (κ3) is 5.92. The smallest absolute Gasteiger partial charge is 0.416 e. The molecule has 0 saturated heterocycles. The highest BCUT2D eigenvalue weighted by Gasteiger charge is 2.33. The van der Waals surface area contributed by atoms with E-state index in [9.17, 15) is 32.9 Å². The van der Waals surface area contributed by atoms with Crippen LogP contribution < -0.4 is 10.1 Å². The number of alkyl halides is 3. The number of nitrogens with zero attached hydrogens (tertiary/aromatic N) is 1. The van der Waals surface area contributed by atoms with Gasteiger partial charge in [0.1, 0.15) is 11.4 Å². The van der Waals surface area contributed by atoms with Gasteiger partial charge in [-0.15, -0.1) is 0 Å². The molecular weight excluding hydrogens is 397 g/mol. The first kappa shape index (κ1) is 21.7. The standard InChI is InChI=1S/C18H15F3N2O6/c1-28-15-5-3-2-4-11(15)8-17(25)29-10-16(24)22-13-7-6-12(18(19,20)21)9-14(13)23(26)27/h2-7,9H,8,10H2,1H3,(H,22,24). The average Bonchev–Trinajstić information content (AvgIpc) is 2.66. The highest BCUT2D eigenvalue weighted by molar-refractivity contribution is 5.95. The topological polar surface area (TPSA) is 108 Å². The van der Waals surface area contributed by atoms with E-state index >= 15 is 0 Å². The van der Waals surface area contributed by atoms with E-state index in [0.29, 0.717) is 23.4 Å². The Morgan fingerprint density at radius 2 is 1.86 bits per heavy atom. The summed E-state index contributed by atoms with van der Waals surface area (Å²) in [5.74, 6) is -1.25. The fraction of sp³-hybridized carbons (Fsp3) is 0.222. The van der Waals surface area contributed by atoms with Crippen molar-refractivity contribution >= 4 is 23.3 Å². The van der Waals surface area contributed by atoms with Crippen LogP contribution >= 0.6 is 0 Å². The lowest BCUT2D eigenvalue weighted by Crippen LogP contribution is -2.22. The van der Waals surface area contributed by atoms with Gasteiger partial charge >= 0.3 is 12.1 Å². The highest BCUT2D eigenvalue weighted by Crippen LogP contribution is 2.34. The Morgan fingerprint density at radius 3 is 2.48 bits per heavy atom. The molecule has 154 valence electrons. The van der Waals surface area contributed by atoms with Gasteiger partial charge in [-0.1, -0.05) is 18.2 Å². The van der Waals surface area contributed by atoms with Crippen molar-refractivity contribution in [1.82, 2.24) is 0 Å². The number of carbonyl (C=O) groups excluding carboxylic acids is 2. The molecule has 0 aliphatic heterocycles. The zero-order chi connectivity index (χ0) is 21.6. The fourth-order valence-corrected chi connectivity index (χ4v) is 2.35. The Kier molecular flexibility index (Phi) is 6.75. The monoisotopic (exact) mass is 412 g/mol. The maximum Gasteiger partial charge on any atom is 0.416 e. The fourth-order valence-electron chi connectivity index (χ4n) is 2.35. The number of hydrogen-bond acceptors (Lipinski definition) is 6. The zero-order valence-corrected chi connectivity index (χ0v) is 15.0. The first-order valence-corrected chi connectivity index (χ1v) is 8.05. The van der Waals surface area contributed by atoms with E-state index in [0.717, 1.165) is 6.07 Å². The van der Waals surface area contributed by atoms with Gasteiger partial charge in [-0.2, -0.15) is 13.2 Å². The number of ether oxygens (including phenoxy) is 2. The first-order valence-electron chi connectivity index (χ1n) is 8.05. The molecule has 2 aromatic rings. The molecule has 0 heterocycles. The number of methoxy groups -OCH3 is 1. The van der Waals surface area contributed by atoms with Gasteiger partial charge in [0.2, 0.25) is 0 Å². The minimum atomic E-state index is -4.78. The van der Waals surface area contributed by atoms with E-state index < -0.39 is 46.5 Å². The third-order valence-corrected chi connectivity index (χ3v) is 3.69. The second kappa shape index (κ2) is 9.04. The summed E-state index contributed by atoms with van der Waals surface area (Å²) in [6.45, 7) is -0.772. The second-order valence-corrected chi connectivity index (χ2v) is 5.68. The SMILES string of the molecule is COc1ccccc1CC(=O)OCC(=O)Nc1ccc(C(F)(F)F)cc1[N+](=O)[O-]. The number of nitro benzene ring substituents is 1. The van der Waals surface area contributed by atoms with Gasteiger partial charge in [-0.25, -0.2) is 0 Å². The van der Waals surface area contributed by atoms with Crippen LogP contribution in [-0.2, 0) is 26.9 Å². The van der Waals surface area contributed by atoms with E-state index in [2.05, 4.69) is 5.32 Å². The van der Waals surface area contributed by atoms with Crippen LogP contribution in [-0.4, -0.2) is 30.5 Å². The van der Waals surface area contributed by atoms with Gasteiger partial charge in [0.25, 0.3) is 11.6 Å². The molecule has 0 aromatic heterocycles. The first-order chi connectivity index (χ1) is 13.6.